The molecule has 0 aliphatic rings. The molecule has 0 unspecified atom stereocenters. The van der Waals surface area contributed by atoms with Crippen molar-refractivity contribution in [1.82, 2.24) is 4.72 Å². The Kier molecular flexibility index (Phi) is 6.10. The predicted molar refractivity (Wildman–Crippen MR) is 81.9 cm³/mol. The number of rotatable bonds is 8. The van der Waals surface area contributed by atoms with Crippen LogP contribution >= 0.6 is 0 Å². The molecule has 7 nitrogen and oxygen atoms in total. The largest absolute Gasteiger partial charge is 0.387 e. The van der Waals surface area contributed by atoms with E-state index >= 15 is 0 Å². The van der Waals surface area contributed by atoms with Gasteiger partial charge in [-0.05, 0) is 12.0 Å². The van der Waals surface area contributed by atoms with Crippen LogP contribution in [0.25, 0.3) is 0 Å². The molecular weight excluding hydrogens is 294 g/mol. The third-order valence-electron chi connectivity index (χ3n) is 3.45. The van der Waals surface area contributed by atoms with Crippen molar-refractivity contribution < 1.29 is 13.3 Å². The number of nitrogens with one attached hydrogen (secondary N) is 2. The predicted octanol–water partition coefficient (Wildman–Crippen LogP) is 2.35. The third kappa shape index (κ3) is 4.40. The molecule has 0 spiro atoms. The molecule has 1 aromatic carbocycles. The van der Waals surface area contributed by atoms with E-state index in [1.165, 1.54) is 25.2 Å². The summed E-state index contributed by atoms with van der Waals surface area (Å²) in [6.45, 7) is 4.37. The van der Waals surface area contributed by atoms with Crippen molar-refractivity contribution in [3.8, 4) is 0 Å². The Morgan fingerprint density at radius 2 is 1.90 bits per heavy atom. The van der Waals surface area contributed by atoms with E-state index in [9.17, 15) is 18.5 Å². The molecule has 21 heavy (non-hydrogen) atoms. The van der Waals surface area contributed by atoms with E-state index < -0.39 is 14.9 Å². The first kappa shape index (κ1) is 17.4. The van der Waals surface area contributed by atoms with Crippen LogP contribution in [-0.2, 0) is 10.0 Å². The van der Waals surface area contributed by atoms with Gasteiger partial charge in [-0.3, -0.25) is 10.1 Å². The Hall–Kier alpha value is -1.67. The molecule has 0 amide bonds. The highest BCUT2D eigenvalue weighted by molar-refractivity contribution is 7.89. The normalized spacial score (nSPS) is 11.6. The molecule has 0 radical (unpaired) electrons. The van der Waals surface area contributed by atoms with Gasteiger partial charge in [0, 0.05) is 25.7 Å². The van der Waals surface area contributed by atoms with Gasteiger partial charge in [0.25, 0.3) is 5.69 Å². The number of anilines is 1. The zero-order valence-electron chi connectivity index (χ0n) is 12.4. The van der Waals surface area contributed by atoms with Crippen LogP contribution in [-0.4, -0.2) is 26.9 Å². The van der Waals surface area contributed by atoms with Gasteiger partial charge in [0.2, 0.25) is 10.0 Å². The molecule has 0 bridgehead atoms. The van der Waals surface area contributed by atoms with Crippen LogP contribution < -0.4 is 10.0 Å². The average Bonchev–Trinajstić information content (AvgIpc) is 2.47. The maximum Gasteiger partial charge on any atom is 0.271 e. The maximum atomic E-state index is 12.3. The molecule has 1 aromatic rings. The number of benzene rings is 1. The van der Waals surface area contributed by atoms with Gasteiger partial charge in [0.05, 0.1) is 10.6 Å². The van der Waals surface area contributed by atoms with Crippen LogP contribution in [0.15, 0.2) is 23.1 Å². The molecule has 1 rings (SSSR count). The summed E-state index contributed by atoms with van der Waals surface area (Å²) in [5.74, 6) is 0.274. The minimum atomic E-state index is -3.70. The molecular formula is C13H21N3O4S. The first-order valence-electron chi connectivity index (χ1n) is 6.81. The Morgan fingerprint density at radius 3 is 2.38 bits per heavy atom. The number of nitro benzene ring substituents is 1. The van der Waals surface area contributed by atoms with Gasteiger partial charge in [-0.2, -0.15) is 0 Å². The van der Waals surface area contributed by atoms with Crippen LogP contribution in [0, 0.1) is 16.0 Å². The number of non-ortho nitro benzene ring substituents is 1. The SMILES string of the molecule is CCC(CC)CNS(=O)(=O)c1ccc([N+](=O)[O-])cc1NC. The van der Waals surface area contributed by atoms with Gasteiger partial charge in [-0.1, -0.05) is 26.7 Å². The van der Waals surface area contributed by atoms with Gasteiger partial charge in [0.15, 0.2) is 0 Å². The van der Waals surface area contributed by atoms with Gasteiger partial charge < -0.3 is 5.32 Å². The zero-order valence-corrected chi connectivity index (χ0v) is 13.2. The van der Waals surface area contributed by atoms with E-state index in [0.29, 0.717) is 6.54 Å². The van der Waals surface area contributed by atoms with Gasteiger partial charge in [-0.15, -0.1) is 0 Å². The van der Waals surface area contributed by atoms with Gasteiger partial charge in [-0.25, -0.2) is 13.1 Å². The maximum absolute atomic E-state index is 12.3. The van der Waals surface area contributed by atoms with Crippen LogP contribution in [0.4, 0.5) is 11.4 Å². The molecule has 0 atom stereocenters. The molecule has 2 N–H and O–H groups in total. The molecule has 0 heterocycles. The fourth-order valence-corrected chi connectivity index (χ4v) is 3.25. The zero-order chi connectivity index (χ0) is 16.0. The van der Waals surface area contributed by atoms with Crippen molar-refractivity contribution in [3.05, 3.63) is 28.3 Å². The molecule has 0 aliphatic heterocycles. The molecule has 0 saturated heterocycles. The number of sulfonamides is 1. The monoisotopic (exact) mass is 315 g/mol. The van der Waals surface area contributed by atoms with E-state index in [1.54, 1.807) is 0 Å². The number of nitrogens with zero attached hydrogens (tertiary/aromatic N) is 1. The van der Waals surface area contributed by atoms with Crippen LogP contribution in [0.5, 0.6) is 0 Å². The second kappa shape index (κ2) is 7.37. The minimum Gasteiger partial charge on any atom is -0.387 e. The standard InChI is InChI=1S/C13H21N3O4S/c1-4-10(5-2)9-15-21(19,20)13-7-6-11(16(17)18)8-12(13)14-3/h6-8,10,14-15H,4-5,9H2,1-3H3. The smallest absolute Gasteiger partial charge is 0.271 e. The van der Waals surface area contributed by atoms with Crippen molar-refractivity contribution in [1.29, 1.82) is 0 Å². The van der Waals surface area contributed by atoms with E-state index in [-0.39, 0.29) is 22.2 Å². The molecule has 0 saturated carbocycles. The van der Waals surface area contributed by atoms with Crippen LogP contribution in [0.3, 0.4) is 0 Å². The number of hydrogen-bond acceptors (Lipinski definition) is 5. The molecule has 0 aromatic heterocycles. The van der Waals surface area contributed by atoms with Crippen molar-refractivity contribution >= 4 is 21.4 Å². The lowest BCUT2D eigenvalue weighted by molar-refractivity contribution is -0.384. The minimum absolute atomic E-state index is 0.0153. The first-order chi connectivity index (χ1) is 9.85. The summed E-state index contributed by atoms with van der Waals surface area (Å²) in [5.41, 5.74) is 0.0551. The summed E-state index contributed by atoms with van der Waals surface area (Å²) in [4.78, 5) is 10.2. The summed E-state index contributed by atoms with van der Waals surface area (Å²) >= 11 is 0. The second-order valence-electron chi connectivity index (χ2n) is 4.72. The van der Waals surface area contributed by atoms with E-state index in [2.05, 4.69) is 10.0 Å². The van der Waals surface area contributed by atoms with Gasteiger partial charge >= 0.3 is 0 Å². The quantitative estimate of drug-likeness (QED) is 0.566. The second-order valence-corrected chi connectivity index (χ2v) is 6.46. The third-order valence-corrected chi connectivity index (χ3v) is 4.93. The van der Waals surface area contributed by atoms with E-state index in [1.807, 2.05) is 13.8 Å². The Morgan fingerprint density at radius 1 is 1.29 bits per heavy atom. The summed E-state index contributed by atoms with van der Waals surface area (Å²) < 4.78 is 27.2. The summed E-state index contributed by atoms with van der Waals surface area (Å²) in [6, 6.07) is 3.65. The Balaban J connectivity index is 3.05. The van der Waals surface area contributed by atoms with E-state index in [4.69, 9.17) is 0 Å². The lowest BCUT2D eigenvalue weighted by Crippen LogP contribution is -2.29. The van der Waals surface area contributed by atoms with Gasteiger partial charge in [0.1, 0.15) is 4.90 Å². The van der Waals surface area contributed by atoms with Crippen LogP contribution in [0.1, 0.15) is 26.7 Å². The van der Waals surface area contributed by atoms with Crippen LogP contribution in [0.2, 0.25) is 0 Å². The fourth-order valence-electron chi connectivity index (χ4n) is 1.94. The Bertz CT molecular complexity index is 597. The lowest BCUT2D eigenvalue weighted by atomic mass is 10.0. The van der Waals surface area contributed by atoms with Crippen molar-refractivity contribution in [2.45, 2.75) is 31.6 Å². The van der Waals surface area contributed by atoms with Crippen molar-refractivity contribution in [2.24, 2.45) is 5.92 Å². The molecule has 8 heteroatoms. The number of nitro groups is 1. The number of hydrogen-bond donors (Lipinski definition) is 2. The van der Waals surface area contributed by atoms with Crippen molar-refractivity contribution in [2.75, 3.05) is 18.9 Å². The molecule has 0 fully saturated rings. The van der Waals surface area contributed by atoms with E-state index in [0.717, 1.165) is 12.8 Å². The summed E-state index contributed by atoms with van der Waals surface area (Å²) in [6.07, 6.45) is 1.77. The first-order valence-corrected chi connectivity index (χ1v) is 8.29. The fraction of sp³-hybridized carbons (Fsp3) is 0.538. The molecule has 118 valence electrons. The average molecular weight is 315 g/mol. The highest BCUT2D eigenvalue weighted by atomic mass is 32.2. The summed E-state index contributed by atoms with van der Waals surface area (Å²) in [7, 11) is -2.17. The highest BCUT2D eigenvalue weighted by Crippen LogP contribution is 2.26. The van der Waals surface area contributed by atoms with Crippen molar-refractivity contribution in [3.63, 3.8) is 0 Å². The molecule has 0 aliphatic carbocycles. The summed E-state index contributed by atoms with van der Waals surface area (Å²) in [5, 5.41) is 13.4. The topological polar surface area (TPSA) is 101 Å². The lowest BCUT2D eigenvalue weighted by Gasteiger charge is -2.15. The highest BCUT2D eigenvalue weighted by Gasteiger charge is 2.21. The Labute approximate surface area is 124 Å².